The van der Waals surface area contributed by atoms with Crippen LogP contribution in [0.15, 0.2) is 0 Å². The molecule has 5 heteroatoms. The third kappa shape index (κ3) is 2.42. The first-order valence-corrected chi connectivity index (χ1v) is 4.74. The van der Waals surface area contributed by atoms with Gasteiger partial charge in [-0.2, -0.15) is 0 Å². The SMILES string of the molecule is CCC(=O)N1CCNCC1C(=O)Cl. The molecule has 1 saturated heterocycles. The van der Waals surface area contributed by atoms with Gasteiger partial charge in [-0.3, -0.25) is 9.59 Å². The lowest BCUT2D eigenvalue weighted by atomic mass is 10.2. The van der Waals surface area contributed by atoms with Crippen molar-refractivity contribution in [3.63, 3.8) is 0 Å². The highest BCUT2D eigenvalue weighted by atomic mass is 35.5. The lowest BCUT2D eigenvalue weighted by Crippen LogP contribution is -2.55. The summed E-state index contributed by atoms with van der Waals surface area (Å²) in [4.78, 5) is 23.9. The van der Waals surface area contributed by atoms with Crippen LogP contribution in [0.3, 0.4) is 0 Å². The molecule has 4 nitrogen and oxygen atoms in total. The average Bonchev–Trinajstić information content (AvgIpc) is 2.16. The second kappa shape index (κ2) is 4.58. The van der Waals surface area contributed by atoms with Gasteiger partial charge in [0.2, 0.25) is 11.1 Å². The Labute approximate surface area is 82.2 Å². The van der Waals surface area contributed by atoms with E-state index in [-0.39, 0.29) is 5.91 Å². The van der Waals surface area contributed by atoms with Crippen LogP contribution in [-0.2, 0) is 9.59 Å². The molecule has 0 aliphatic carbocycles. The Morgan fingerprint density at radius 3 is 2.85 bits per heavy atom. The van der Waals surface area contributed by atoms with E-state index in [4.69, 9.17) is 11.6 Å². The molecule has 74 valence electrons. The van der Waals surface area contributed by atoms with E-state index in [1.165, 1.54) is 0 Å². The van der Waals surface area contributed by atoms with Crippen molar-refractivity contribution < 1.29 is 9.59 Å². The van der Waals surface area contributed by atoms with Crippen LogP contribution in [0.1, 0.15) is 13.3 Å². The first-order valence-electron chi connectivity index (χ1n) is 4.36. The lowest BCUT2D eigenvalue weighted by molar-refractivity contribution is -0.137. The van der Waals surface area contributed by atoms with Crippen LogP contribution in [0, 0.1) is 0 Å². The highest BCUT2D eigenvalue weighted by Gasteiger charge is 2.29. The standard InChI is InChI=1S/C8H13ClN2O2/c1-2-7(12)11-4-3-10-5-6(11)8(9)13/h6,10H,2-5H2,1H3. The van der Waals surface area contributed by atoms with Gasteiger partial charge in [-0.15, -0.1) is 0 Å². The van der Waals surface area contributed by atoms with Crippen molar-refractivity contribution in [2.45, 2.75) is 19.4 Å². The van der Waals surface area contributed by atoms with Gasteiger partial charge in [0.1, 0.15) is 6.04 Å². The molecule has 1 rings (SSSR count). The van der Waals surface area contributed by atoms with Gasteiger partial charge in [0.25, 0.3) is 0 Å². The number of carbonyl (C=O) groups is 2. The molecular formula is C8H13ClN2O2. The van der Waals surface area contributed by atoms with Crippen LogP contribution < -0.4 is 5.32 Å². The summed E-state index contributed by atoms with van der Waals surface area (Å²) in [5.41, 5.74) is 0. The third-order valence-corrected chi connectivity index (χ3v) is 2.38. The van der Waals surface area contributed by atoms with Crippen LogP contribution in [0.25, 0.3) is 0 Å². The zero-order chi connectivity index (χ0) is 9.84. The maximum Gasteiger partial charge on any atom is 0.245 e. The summed E-state index contributed by atoms with van der Waals surface area (Å²) in [5, 5.41) is 2.56. The van der Waals surface area contributed by atoms with Gasteiger partial charge in [-0.25, -0.2) is 0 Å². The molecule has 0 aromatic carbocycles. The van der Waals surface area contributed by atoms with Crippen LogP contribution in [0.4, 0.5) is 0 Å². The maximum atomic E-state index is 11.4. The van der Waals surface area contributed by atoms with Crippen molar-refractivity contribution in [3.05, 3.63) is 0 Å². The Morgan fingerprint density at radius 1 is 1.62 bits per heavy atom. The second-order valence-electron chi connectivity index (χ2n) is 2.96. The molecule has 0 aromatic heterocycles. The number of amides is 1. The van der Waals surface area contributed by atoms with E-state index >= 15 is 0 Å². The average molecular weight is 205 g/mol. The van der Waals surface area contributed by atoms with Crippen molar-refractivity contribution in [2.75, 3.05) is 19.6 Å². The number of piperazine rings is 1. The molecule has 1 amide bonds. The molecule has 13 heavy (non-hydrogen) atoms. The van der Waals surface area contributed by atoms with Gasteiger partial charge in [-0.1, -0.05) is 6.92 Å². The molecule has 1 aliphatic heterocycles. The Morgan fingerprint density at radius 2 is 2.31 bits per heavy atom. The van der Waals surface area contributed by atoms with E-state index < -0.39 is 11.3 Å². The molecule has 1 N–H and O–H groups in total. The first kappa shape index (κ1) is 10.5. The molecule has 1 heterocycles. The minimum atomic E-state index is -0.483. The topological polar surface area (TPSA) is 49.4 Å². The van der Waals surface area contributed by atoms with E-state index in [9.17, 15) is 9.59 Å². The molecule has 1 aliphatic rings. The molecule has 0 bridgehead atoms. The van der Waals surface area contributed by atoms with Gasteiger partial charge >= 0.3 is 0 Å². The zero-order valence-corrected chi connectivity index (χ0v) is 8.30. The van der Waals surface area contributed by atoms with Crippen molar-refractivity contribution in [3.8, 4) is 0 Å². The minimum Gasteiger partial charge on any atom is -0.329 e. The second-order valence-corrected chi connectivity index (χ2v) is 3.34. The third-order valence-electron chi connectivity index (χ3n) is 2.13. The fourth-order valence-electron chi connectivity index (χ4n) is 1.41. The molecule has 1 fully saturated rings. The van der Waals surface area contributed by atoms with Crippen molar-refractivity contribution >= 4 is 22.8 Å². The highest BCUT2D eigenvalue weighted by Crippen LogP contribution is 2.08. The number of nitrogens with zero attached hydrogens (tertiary/aromatic N) is 1. The van der Waals surface area contributed by atoms with Gasteiger partial charge < -0.3 is 10.2 Å². The molecular weight excluding hydrogens is 192 g/mol. The van der Waals surface area contributed by atoms with Crippen molar-refractivity contribution in [2.24, 2.45) is 0 Å². The van der Waals surface area contributed by atoms with Crippen molar-refractivity contribution in [1.29, 1.82) is 0 Å². The van der Waals surface area contributed by atoms with Crippen LogP contribution >= 0.6 is 11.6 Å². The van der Waals surface area contributed by atoms with E-state index in [1.807, 2.05) is 0 Å². The number of nitrogens with one attached hydrogen (secondary N) is 1. The Balaban J connectivity index is 2.67. The predicted molar refractivity (Wildman–Crippen MR) is 49.5 cm³/mol. The number of carbonyl (C=O) groups excluding carboxylic acids is 2. The molecule has 1 unspecified atom stereocenters. The summed E-state index contributed by atoms with van der Waals surface area (Å²) in [6.07, 6.45) is 0.417. The fourth-order valence-corrected chi connectivity index (χ4v) is 1.60. The summed E-state index contributed by atoms with van der Waals surface area (Å²) < 4.78 is 0. The summed E-state index contributed by atoms with van der Waals surface area (Å²) in [6, 6.07) is -0.483. The maximum absolute atomic E-state index is 11.4. The summed E-state index contributed by atoms with van der Waals surface area (Å²) in [5.74, 6) is -0.0134. The Hall–Kier alpha value is -0.610. The van der Waals surface area contributed by atoms with E-state index in [0.717, 1.165) is 6.54 Å². The van der Waals surface area contributed by atoms with Crippen LogP contribution in [-0.4, -0.2) is 41.7 Å². The van der Waals surface area contributed by atoms with Gasteiger partial charge in [0, 0.05) is 26.1 Å². The van der Waals surface area contributed by atoms with Gasteiger partial charge in [0.05, 0.1) is 0 Å². The summed E-state index contributed by atoms with van der Waals surface area (Å²) in [6.45, 7) is 3.54. The highest BCUT2D eigenvalue weighted by molar-refractivity contribution is 6.64. The Bertz CT molecular complexity index is 220. The number of halogens is 1. The van der Waals surface area contributed by atoms with Crippen LogP contribution in [0.2, 0.25) is 0 Å². The molecule has 0 spiro atoms. The van der Waals surface area contributed by atoms with Gasteiger partial charge in [0.15, 0.2) is 0 Å². The normalized spacial score (nSPS) is 22.9. The van der Waals surface area contributed by atoms with E-state index in [1.54, 1.807) is 11.8 Å². The van der Waals surface area contributed by atoms with Crippen molar-refractivity contribution in [1.82, 2.24) is 10.2 Å². The molecule has 0 aromatic rings. The molecule has 1 atom stereocenters. The Kier molecular flexibility index (Phi) is 3.69. The van der Waals surface area contributed by atoms with Gasteiger partial charge in [-0.05, 0) is 11.6 Å². The van der Waals surface area contributed by atoms with E-state index in [0.29, 0.717) is 19.5 Å². The van der Waals surface area contributed by atoms with E-state index in [2.05, 4.69) is 5.32 Å². The number of rotatable bonds is 2. The smallest absolute Gasteiger partial charge is 0.245 e. The minimum absolute atomic E-state index is 0.0134. The quantitative estimate of drug-likeness (QED) is 0.643. The molecule has 0 saturated carbocycles. The zero-order valence-electron chi connectivity index (χ0n) is 7.55. The summed E-state index contributed by atoms with van der Waals surface area (Å²) in [7, 11) is 0. The monoisotopic (exact) mass is 204 g/mol. The number of hydrogen-bond donors (Lipinski definition) is 1. The summed E-state index contributed by atoms with van der Waals surface area (Å²) >= 11 is 5.38. The largest absolute Gasteiger partial charge is 0.329 e. The van der Waals surface area contributed by atoms with Crippen LogP contribution in [0.5, 0.6) is 0 Å². The predicted octanol–water partition coefficient (Wildman–Crippen LogP) is -0.0378. The fraction of sp³-hybridized carbons (Fsp3) is 0.750. The first-order chi connectivity index (χ1) is 6.16. The number of hydrogen-bond acceptors (Lipinski definition) is 3. The molecule has 0 radical (unpaired) electrons. The lowest BCUT2D eigenvalue weighted by Gasteiger charge is -2.33.